The maximum absolute atomic E-state index is 12.8. The number of hydrogen-bond donors (Lipinski definition) is 2. The Kier molecular flexibility index (Phi) is 7.70. The lowest BCUT2D eigenvalue weighted by molar-refractivity contribution is -0.115. The highest BCUT2D eigenvalue weighted by atomic mass is 32.2. The van der Waals surface area contributed by atoms with Gasteiger partial charge in [-0.1, -0.05) is 67.3 Å². The Morgan fingerprint density at radius 1 is 1.10 bits per heavy atom. The lowest BCUT2D eigenvalue weighted by Gasteiger charge is -2.17. The normalized spacial score (nSPS) is 12.8. The van der Waals surface area contributed by atoms with Crippen LogP contribution >= 0.6 is 23.1 Å². The molecule has 2 unspecified atom stereocenters. The van der Waals surface area contributed by atoms with Crippen LogP contribution in [0.4, 0.5) is 16.5 Å². The van der Waals surface area contributed by atoms with Crippen LogP contribution in [0.15, 0.2) is 52.9 Å². The maximum atomic E-state index is 12.8. The second-order valence-electron chi connectivity index (χ2n) is 6.84. The standard InChI is InChI=1S/C22H26N4O2S2/c1-5-14(2)16-10-6-7-11-17(16)23-20(27)15(3)29-22-26-25-21(30-22)24-18-12-8-9-13-19(18)28-4/h6-15H,5H2,1-4H3,(H,23,27)(H,24,25). The zero-order valence-corrected chi connectivity index (χ0v) is 19.1. The van der Waals surface area contributed by atoms with Crippen LogP contribution < -0.4 is 15.4 Å². The van der Waals surface area contributed by atoms with Gasteiger partial charge in [-0.25, -0.2) is 0 Å². The summed E-state index contributed by atoms with van der Waals surface area (Å²) in [5, 5.41) is 15.0. The van der Waals surface area contributed by atoms with Gasteiger partial charge < -0.3 is 15.4 Å². The number of anilines is 3. The van der Waals surface area contributed by atoms with Crippen molar-refractivity contribution in [1.29, 1.82) is 0 Å². The van der Waals surface area contributed by atoms with Crippen molar-refractivity contribution in [2.24, 2.45) is 0 Å². The molecule has 3 rings (SSSR count). The van der Waals surface area contributed by atoms with E-state index >= 15 is 0 Å². The van der Waals surface area contributed by atoms with Gasteiger partial charge in [-0.3, -0.25) is 4.79 Å². The van der Waals surface area contributed by atoms with E-state index in [1.165, 1.54) is 23.1 Å². The molecule has 0 fully saturated rings. The summed E-state index contributed by atoms with van der Waals surface area (Å²) in [6.07, 6.45) is 1.02. The molecule has 1 heterocycles. The summed E-state index contributed by atoms with van der Waals surface area (Å²) in [6.45, 7) is 6.19. The zero-order chi connectivity index (χ0) is 21.5. The number of thioether (sulfide) groups is 1. The summed E-state index contributed by atoms with van der Waals surface area (Å²) in [5.41, 5.74) is 2.85. The van der Waals surface area contributed by atoms with Crippen molar-refractivity contribution in [1.82, 2.24) is 10.2 Å². The average molecular weight is 443 g/mol. The van der Waals surface area contributed by atoms with Gasteiger partial charge in [-0.15, -0.1) is 10.2 Å². The number of nitrogens with zero attached hydrogens (tertiary/aromatic N) is 2. The van der Waals surface area contributed by atoms with E-state index < -0.39 is 0 Å². The van der Waals surface area contributed by atoms with Gasteiger partial charge in [-0.05, 0) is 43.0 Å². The van der Waals surface area contributed by atoms with Gasteiger partial charge >= 0.3 is 0 Å². The number of nitrogens with one attached hydrogen (secondary N) is 2. The average Bonchev–Trinajstić information content (AvgIpc) is 3.20. The van der Waals surface area contributed by atoms with Crippen molar-refractivity contribution in [2.75, 3.05) is 17.7 Å². The number of ether oxygens (including phenoxy) is 1. The lowest BCUT2D eigenvalue weighted by Crippen LogP contribution is -2.23. The minimum absolute atomic E-state index is 0.0507. The molecule has 30 heavy (non-hydrogen) atoms. The molecule has 0 radical (unpaired) electrons. The van der Waals surface area contributed by atoms with E-state index in [-0.39, 0.29) is 11.2 Å². The first kappa shape index (κ1) is 22.1. The summed E-state index contributed by atoms with van der Waals surface area (Å²) in [5.74, 6) is 1.07. The van der Waals surface area contributed by atoms with E-state index in [0.29, 0.717) is 11.0 Å². The SMILES string of the molecule is CCC(C)c1ccccc1NC(=O)C(C)Sc1nnc(Nc2ccccc2OC)s1. The number of rotatable bonds is 9. The second-order valence-corrected chi connectivity index (χ2v) is 9.41. The number of methoxy groups -OCH3 is 1. The molecular weight excluding hydrogens is 416 g/mol. The van der Waals surface area contributed by atoms with Crippen LogP contribution in [0.25, 0.3) is 0 Å². The van der Waals surface area contributed by atoms with Crippen LogP contribution in [0.2, 0.25) is 0 Å². The number of carbonyl (C=O) groups is 1. The van der Waals surface area contributed by atoms with E-state index in [1.54, 1.807) is 7.11 Å². The minimum Gasteiger partial charge on any atom is -0.495 e. The van der Waals surface area contributed by atoms with Crippen LogP contribution in [0.5, 0.6) is 5.75 Å². The molecule has 0 aliphatic rings. The number of amides is 1. The molecule has 1 aromatic heterocycles. The predicted molar refractivity (Wildman–Crippen MR) is 125 cm³/mol. The Hall–Kier alpha value is -2.58. The van der Waals surface area contributed by atoms with Crippen molar-refractivity contribution in [3.8, 4) is 5.75 Å². The van der Waals surface area contributed by atoms with E-state index in [2.05, 4.69) is 40.7 Å². The van der Waals surface area contributed by atoms with Gasteiger partial charge in [-0.2, -0.15) is 0 Å². The molecule has 158 valence electrons. The number of aromatic nitrogens is 2. The Bertz CT molecular complexity index is 993. The number of benzene rings is 2. The molecule has 2 N–H and O–H groups in total. The van der Waals surface area contributed by atoms with Crippen LogP contribution in [-0.2, 0) is 4.79 Å². The quantitative estimate of drug-likeness (QED) is 0.400. The number of carbonyl (C=O) groups excluding carboxylic acids is 1. The summed E-state index contributed by atoms with van der Waals surface area (Å²) in [7, 11) is 1.63. The molecule has 0 saturated heterocycles. The van der Waals surface area contributed by atoms with E-state index in [0.717, 1.165) is 33.4 Å². The molecule has 0 bridgehead atoms. The summed E-state index contributed by atoms with van der Waals surface area (Å²) in [6, 6.07) is 15.6. The highest BCUT2D eigenvalue weighted by molar-refractivity contribution is 8.02. The first-order valence-corrected chi connectivity index (χ1v) is 11.5. The fraction of sp³-hybridized carbons (Fsp3) is 0.318. The van der Waals surface area contributed by atoms with Crippen molar-refractivity contribution in [2.45, 2.75) is 42.7 Å². The first-order valence-electron chi connectivity index (χ1n) is 9.81. The van der Waals surface area contributed by atoms with Gasteiger partial charge in [0.15, 0.2) is 4.34 Å². The van der Waals surface area contributed by atoms with Gasteiger partial charge in [0.05, 0.1) is 18.0 Å². The van der Waals surface area contributed by atoms with E-state index in [9.17, 15) is 4.79 Å². The molecule has 0 aliphatic heterocycles. The molecule has 0 saturated carbocycles. The second kappa shape index (κ2) is 10.4. The van der Waals surface area contributed by atoms with Crippen molar-refractivity contribution in [3.63, 3.8) is 0 Å². The summed E-state index contributed by atoms with van der Waals surface area (Å²) >= 11 is 2.80. The predicted octanol–water partition coefficient (Wildman–Crippen LogP) is 5.92. The Morgan fingerprint density at radius 3 is 2.53 bits per heavy atom. The number of para-hydroxylation sites is 3. The van der Waals surface area contributed by atoms with Gasteiger partial charge in [0.2, 0.25) is 11.0 Å². The molecule has 3 aromatic rings. The lowest BCUT2D eigenvalue weighted by atomic mass is 9.97. The first-order chi connectivity index (χ1) is 14.5. The fourth-order valence-corrected chi connectivity index (χ4v) is 4.78. The molecule has 2 atom stereocenters. The van der Waals surface area contributed by atoms with Crippen molar-refractivity contribution < 1.29 is 9.53 Å². The van der Waals surface area contributed by atoms with Crippen LogP contribution in [0, 0.1) is 0 Å². The zero-order valence-electron chi connectivity index (χ0n) is 17.5. The minimum atomic E-state index is -0.304. The monoisotopic (exact) mass is 442 g/mol. The van der Waals surface area contributed by atoms with E-state index in [1.807, 2.05) is 49.4 Å². The fourth-order valence-electron chi connectivity index (χ4n) is 2.87. The third-order valence-corrected chi connectivity index (χ3v) is 6.79. The van der Waals surface area contributed by atoms with Gasteiger partial charge in [0.25, 0.3) is 0 Å². The Morgan fingerprint density at radius 2 is 1.80 bits per heavy atom. The molecular formula is C22H26N4O2S2. The molecule has 0 spiro atoms. The molecule has 0 aliphatic carbocycles. The highest BCUT2D eigenvalue weighted by Gasteiger charge is 2.19. The summed E-state index contributed by atoms with van der Waals surface area (Å²) in [4.78, 5) is 12.8. The van der Waals surface area contributed by atoms with E-state index in [4.69, 9.17) is 4.74 Å². The maximum Gasteiger partial charge on any atom is 0.237 e. The molecule has 6 nitrogen and oxygen atoms in total. The number of hydrogen-bond acceptors (Lipinski definition) is 7. The van der Waals surface area contributed by atoms with Crippen molar-refractivity contribution in [3.05, 3.63) is 54.1 Å². The third kappa shape index (κ3) is 5.52. The highest BCUT2D eigenvalue weighted by Crippen LogP contribution is 2.33. The van der Waals surface area contributed by atoms with Crippen LogP contribution in [0.1, 0.15) is 38.7 Å². The van der Waals surface area contributed by atoms with Gasteiger partial charge in [0, 0.05) is 5.69 Å². The molecule has 8 heteroatoms. The molecule has 2 aromatic carbocycles. The van der Waals surface area contributed by atoms with Crippen molar-refractivity contribution >= 4 is 45.5 Å². The third-order valence-electron chi connectivity index (χ3n) is 4.76. The summed E-state index contributed by atoms with van der Waals surface area (Å²) < 4.78 is 6.07. The van der Waals surface area contributed by atoms with Crippen LogP contribution in [-0.4, -0.2) is 28.5 Å². The Balaban J connectivity index is 1.63. The Labute approximate surface area is 185 Å². The topological polar surface area (TPSA) is 76.1 Å². The van der Waals surface area contributed by atoms with Crippen LogP contribution in [0.3, 0.4) is 0 Å². The molecule has 1 amide bonds. The smallest absolute Gasteiger partial charge is 0.237 e. The van der Waals surface area contributed by atoms with Gasteiger partial charge in [0.1, 0.15) is 5.75 Å². The largest absolute Gasteiger partial charge is 0.495 e.